The van der Waals surface area contributed by atoms with Crippen molar-refractivity contribution in [2.75, 3.05) is 6.61 Å². The first kappa shape index (κ1) is 17.4. The normalized spacial score (nSPS) is 11.0. The number of hydrogen-bond donors (Lipinski definition) is 2. The zero-order valence-electron chi connectivity index (χ0n) is 13.7. The van der Waals surface area contributed by atoms with Crippen molar-refractivity contribution in [3.63, 3.8) is 0 Å². The van der Waals surface area contributed by atoms with Crippen molar-refractivity contribution in [3.8, 4) is 11.9 Å². The molecule has 0 aliphatic carbocycles. The molecular weight excluding hydrogens is 308 g/mol. The van der Waals surface area contributed by atoms with E-state index in [1.54, 1.807) is 0 Å². The number of nitriles is 1. The van der Waals surface area contributed by atoms with Crippen molar-refractivity contribution in [1.29, 1.82) is 5.26 Å². The molecule has 7 nitrogen and oxygen atoms in total. The highest BCUT2D eigenvalue weighted by molar-refractivity contribution is 5.57. The van der Waals surface area contributed by atoms with Crippen LogP contribution in [0.3, 0.4) is 0 Å². The SMILES string of the molecule is Cc1cccc(C)c1N=Nc1c(C)c(C#N)c(O)n(CCO)c1=O. The minimum absolute atomic E-state index is 0.0274. The van der Waals surface area contributed by atoms with Gasteiger partial charge in [0.1, 0.15) is 11.6 Å². The molecule has 0 aliphatic heterocycles. The van der Waals surface area contributed by atoms with Gasteiger partial charge in [-0.2, -0.15) is 5.26 Å². The number of nitrogens with zero attached hydrogens (tertiary/aromatic N) is 4. The second-order valence-electron chi connectivity index (χ2n) is 5.40. The lowest BCUT2D eigenvalue weighted by molar-refractivity contribution is 0.263. The number of aliphatic hydroxyl groups is 1. The van der Waals surface area contributed by atoms with Gasteiger partial charge in [0.05, 0.1) is 18.8 Å². The van der Waals surface area contributed by atoms with Crippen LogP contribution in [0.25, 0.3) is 0 Å². The smallest absolute Gasteiger partial charge is 0.281 e. The zero-order chi connectivity index (χ0) is 17.9. The number of hydrogen-bond acceptors (Lipinski definition) is 6. The van der Waals surface area contributed by atoms with E-state index in [0.29, 0.717) is 5.69 Å². The highest BCUT2D eigenvalue weighted by atomic mass is 16.3. The minimum atomic E-state index is -0.604. The summed E-state index contributed by atoms with van der Waals surface area (Å²) in [6, 6.07) is 7.53. The van der Waals surface area contributed by atoms with Crippen molar-refractivity contribution in [2.24, 2.45) is 10.2 Å². The highest BCUT2D eigenvalue weighted by Crippen LogP contribution is 2.29. The lowest BCUT2D eigenvalue weighted by Gasteiger charge is -2.11. The van der Waals surface area contributed by atoms with Crippen LogP contribution in [0, 0.1) is 32.1 Å². The Kier molecular flexibility index (Phi) is 5.11. The fourth-order valence-electron chi connectivity index (χ4n) is 2.43. The molecule has 24 heavy (non-hydrogen) atoms. The maximum atomic E-state index is 12.5. The van der Waals surface area contributed by atoms with Crippen molar-refractivity contribution < 1.29 is 10.2 Å². The molecule has 2 aromatic rings. The summed E-state index contributed by atoms with van der Waals surface area (Å²) in [7, 11) is 0. The summed E-state index contributed by atoms with van der Waals surface area (Å²) in [5.41, 5.74) is 2.03. The van der Waals surface area contributed by atoms with Crippen molar-refractivity contribution in [1.82, 2.24) is 4.57 Å². The van der Waals surface area contributed by atoms with E-state index in [2.05, 4.69) is 10.2 Å². The Labute approximate surface area is 139 Å². The minimum Gasteiger partial charge on any atom is -0.493 e. The van der Waals surface area contributed by atoms with E-state index in [4.69, 9.17) is 5.11 Å². The van der Waals surface area contributed by atoms with Gasteiger partial charge in [-0.15, -0.1) is 10.2 Å². The molecule has 1 heterocycles. The first-order valence-corrected chi connectivity index (χ1v) is 7.37. The molecule has 7 heteroatoms. The maximum absolute atomic E-state index is 12.5. The van der Waals surface area contributed by atoms with Crippen molar-refractivity contribution in [2.45, 2.75) is 27.3 Å². The van der Waals surface area contributed by atoms with Crippen LogP contribution in [0.5, 0.6) is 5.88 Å². The van der Waals surface area contributed by atoms with Crippen LogP contribution in [0.1, 0.15) is 22.3 Å². The third-order valence-electron chi connectivity index (χ3n) is 3.78. The van der Waals surface area contributed by atoms with Gasteiger partial charge in [-0.25, -0.2) is 0 Å². The third-order valence-corrected chi connectivity index (χ3v) is 3.78. The Hall–Kier alpha value is -2.98. The molecule has 2 N–H and O–H groups in total. The molecule has 0 spiro atoms. The van der Waals surface area contributed by atoms with Gasteiger partial charge in [0, 0.05) is 5.56 Å². The van der Waals surface area contributed by atoms with Crippen molar-refractivity contribution >= 4 is 11.4 Å². The summed E-state index contributed by atoms with van der Waals surface area (Å²) in [5.74, 6) is -0.472. The van der Waals surface area contributed by atoms with Gasteiger partial charge in [-0.05, 0) is 31.9 Å². The van der Waals surface area contributed by atoms with Crippen LogP contribution < -0.4 is 5.56 Å². The predicted molar refractivity (Wildman–Crippen MR) is 89.0 cm³/mol. The monoisotopic (exact) mass is 326 g/mol. The number of aryl methyl sites for hydroxylation is 2. The van der Waals surface area contributed by atoms with Gasteiger partial charge in [0.15, 0.2) is 5.69 Å². The van der Waals surface area contributed by atoms with Gasteiger partial charge >= 0.3 is 0 Å². The standard InChI is InChI=1S/C17H18N4O3/c1-10-5-4-6-11(2)14(10)19-20-15-12(3)13(9-18)16(23)21(7-8-22)17(15)24/h4-6,22-23H,7-8H2,1-3H3. The fourth-order valence-corrected chi connectivity index (χ4v) is 2.43. The number of aliphatic hydroxyl groups excluding tert-OH is 1. The molecular formula is C17H18N4O3. The van der Waals surface area contributed by atoms with Crippen LogP contribution in [0.2, 0.25) is 0 Å². The molecule has 1 aromatic heterocycles. The number of aromatic nitrogens is 1. The topological polar surface area (TPSA) is 111 Å². The molecule has 0 radical (unpaired) electrons. The summed E-state index contributed by atoms with van der Waals surface area (Å²) in [5, 5.41) is 36.5. The van der Waals surface area contributed by atoms with Gasteiger partial charge < -0.3 is 10.2 Å². The summed E-state index contributed by atoms with van der Waals surface area (Å²) in [6.07, 6.45) is 0. The van der Waals surface area contributed by atoms with Crippen LogP contribution in [0.15, 0.2) is 33.2 Å². The van der Waals surface area contributed by atoms with Crippen LogP contribution in [-0.2, 0) is 6.54 Å². The number of pyridine rings is 1. The molecule has 0 atom stereocenters. The average Bonchev–Trinajstić information content (AvgIpc) is 2.54. The molecule has 0 amide bonds. The Morgan fingerprint density at radius 2 is 1.75 bits per heavy atom. The molecule has 0 saturated carbocycles. The van der Waals surface area contributed by atoms with E-state index >= 15 is 0 Å². The Bertz CT molecular complexity index is 887. The van der Waals surface area contributed by atoms with E-state index in [9.17, 15) is 15.2 Å². The summed E-state index contributed by atoms with van der Waals surface area (Å²) in [6.45, 7) is 4.81. The van der Waals surface area contributed by atoms with E-state index in [-0.39, 0.29) is 30.0 Å². The number of rotatable bonds is 4. The zero-order valence-corrected chi connectivity index (χ0v) is 13.7. The molecule has 0 fully saturated rings. The van der Waals surface area contributed by atoms with E-state index in [1.165, 1.54) is 6.92 Å². The number of benzene rings is 1. The second kappa shape index (κ2) is 7.06. The average molecular weight is 326 g/mol. The van der Waals surface area contributed by atoms with Crippen LogP contribution >= 0.6 is 0 Å². The Morgan fingerprint density at radius 1 is 1.17 bits per heavy atom. The van der Waals surface area contributed by atoms with Gasteiger partial charge in [-0.3, -0.25) is 9.36 Å². The summed E-state index contributed by atoms with van der Waals surface area (Å²) in [4.78, 5) is 12.5. The van der Waals surface area contributed by atoms with Crippen molar-refractivity contribution in [3.05, 3.63) is 50.8 Å². The predicted octanol–water partition coefficient (Wildman–Crippen LogP) is 2.76. The molecule has 0 aliphatic rings. The summed E-state index contributed by atoms with van der Waals surface area (Å²) >= 11 is 0. The van der Waals surface area contributed by atoms with E-state index < -0.39 is 11.4 Å². The van der Waals surface area contributed by atoms with Gasteiger partial charge in [0.2, 0.25) is 5.88 Å². The molecule has 2 rings (SSSR count). The largest absolute Gasteiger partial charge is 0.493 e. The molecule has 0 unspecified atom stereocenters. The summed E-state index contributed by atoms with van der Waals surface area (Å²) < 4.78 is 0.921. The molecule has 0 bridgehead atoms. The number of azo groups is 1. The molecule has 1 aromatic carbocycles. The van der Waals surface area contributed by atoms with Gasteiger partial charge in [-0.1, -0.05) is 18.2 Å². The number of aromatic hydroxyl groups is 1. The van der Waals surface area contributed by atoms with Gasteiger partial charge in [0.25, 0.3) is 5.56 Å². The van der Waals surface area contributed by atoms with E-state index in [0.717, 1.165) is 15.7 Å². The third kappa shape index (κ3) is 3.05. The van der Waals surface area contributed by atoms with Crippen LogP contribution in [-0.4, -0.2) is 21.4 Å². The lowest BCUT2D eigenvalue weighted by atomic mass is 10.1. The first-order chi connectivity index (χ1) is 11.4. The molecule has 124 valence electrons. The second-order valence-corrected chi connectivity index (χ2v) is 5.40. The lowest BCUT2D eigenvalue weighted by Crippen LogP contribution is -2.23. The maximum Gasteiger partial charge on any atom is 0.281 e. The highest BCUT2D eigenvalue weighted by Gasteiger charge is 2.18. The quantitative estimate of drug-likeness (QED) is 0.841. The fraction of sp³-hybridized carbons (Fsp3) is 0.294. The molecule has 0 saturated heterocycles. The Balaban J connectivity index is 2.67. The first-order valence-electron chi connectivity index (χ1n) is 7.37. The van der Waals surface area contributed by atoms with E-state index in [1.807, 2.05) is 38.1 Å². The van der Waals surface area contributed by atoms with Crippen LogP contribution in [0.4, 0.5) is 11.4 Å². The Morgan fingerprint density at radius 3 is 2.29 bits per heavy atom.